The molecular weight excluding hydrogens is 198 g/mol. The second kappa shape index (κ2) is 3.17. The molecular formula is C13H11NSi. The van der Waals surface area contributed by atoms with E-state index in [1.54, 1.807) is 0 Å². The van der Waals surface area contributed by atoms with Gasteiger partial charge in [-0.25, -0.2) is 0 Å². The summed E-state index contributed by atoms with van der Waals surface area (Å²) in [7, 11) is 1.07. The lowest BCUT2D eigenvalue weighted by molar-refractivity contribution is 1.45. The summed E-state index contributed by atoms with van der Waals surface area (Å²) >= 11 is 0. The first-order chi connectivity index (χ1) is 7.36. The third-order valence-corrected chi connectivity index (χ3v) is 3.66. The molecule has 15 heavy (non-hydrogen) atoms. The largest absolute Gasteiger partial charge is 0.256 e. The molecule has 0 bridgehead atoms. The molecule has 1 aromatic heterocycles. The monoisotopic (exact) mass is 209 g/mol. The first-order valence-corrected chi connectivity index (χ1v) is 6.09. The summed E-state index contributed by atoms with van der Waals surface area (Å²) < 4.78 is 0. The van der Waals surface area contributed by atoms with Crippen molar-refractivity contribution in [2.24, 2.45) is 0 Å². The number of pyridine rings is 1. The quantitative estimate of drug-likeness (QED) is 0.402. The van der Waals surface area contributed by atoms with Gasteiger partial charge in [0.1, 0.15) is 0 Å². The van der Waals surface area contributed by atoms with Crippen LogP contribution in [-0.2, 0) is 0 Å². The van der Waals surface area contributed by atoms with E-state index in [2.05, 4.69) is 47.4 Å². The van der Waals surface area contributed by atoms with Crippen molar-refractivity contribution in [1.82, 2.24) is 4.98 Å². The minimum absolute atomic E-state index is 1.07. The number of nitrogens with zero attached hydrogens (tertiary/aromatic N) is 1. The van der Waals surface area contributed by atoms with Crippen molar-refractivity contribution >= 4 is 37.1 Å². The van der Waals surface area contributed by atoms with E-state index in [9.17, 15) is 0 Å². The SMILES string of the molecule is [SiH3]c1cccc2ncc3ccccc3c12. The van der Waals surface area contributed by atoms with Crippen LogP contribution in [0.3, 0.4) is 0 Å². The van der Waals surface area contributed by atoms with Crippen molar-refractivity contribution in [3.8, 4) is 0 Å². The van der Waals surface area contributed by atoms with Crippen LogP contribution >= 0.6 is 0 Å². The summed E-state index contributed by atoms with van der Waals surface area (Å²) in [5.74, 6) is 0. The summed E-state index contributed by atoms with van der Waals surface area (Å²) in [5, 5.41) is 5.32. The standard InChI is InChI=1S/C13H11NSi/c15-12-7-3-6-11-13(12)10-5-2-1-4-9(10)8-14-11/h1-8H,15H3. The molecule has 0 saturated carbocycles. The maximum absolute atomic E-state index is 4.49. The van der Waals surface area contributed by atoms with E-state index in [4.69, 9.17) is 0 Å². The minimum Gasteiger partial charge on any atom is -0.256 e. The number of rotatable bonds is 0. The summed E-state index contributed by atoms with van der Waals surface area (Å²) in [6.07, 6.45) is 1.96. The molecule has 0 atom stereocenters. The van der Waals surface area contributed by atoms with Gasteiger partial charge in [-0.3, -0.25) is 4.98 Å². The minimum atomic E-state index is 1.07. The van der Waals surface area contributed by atoms with E-state index >= 15 is 0 Å². The molecule has 0 radical (unpaired) electrons. The van der Waals surface area contributed by atoms with Crippen LogP contribution < -0.4 is 5.19 Å². The lowest BCUT2D eigenvalue weighted by Crippen LogP contribution is -2.03. The smallest absolute Gasteiger partial charge is 0.0706 e. The van der Waals surface area contributed by atoms with Crippen LogP contribution in [0, 0.1) is 0 Å². The van der Waals surface area contributed by atoms with Gasteiger partial charge in [0.25, 0.3) is 0 Å². The molecule has 1 heterocycles. The van der Waals surface area contributed by atoms with Crippen molar-refractivity contribution in [2.45, 2.75) is 0 Å². The lowest BCUT2D eigenvalue weighted by atomic mass is 10.1. The van der Waals surface area contributed by atoms with Gasteiger partial charge in [-0.05, 0) is 11.5 Å². The van der Waals surface area contributed by atoms with E-state index in [-0.39, 0.29) is 0 Å². The normalized spacial score (nSPS) is 11.2. The molecule has 0 fully saturated rings. The molecule has 0 amide bonds. The molecule has 3 aromatic rings. The van der Waals surface area contributed by atoms with E-state index in [0.717, 1.165) is 15.8 Å². The first kappa shape index (κ1) is 8.62. The fourth-order valence-electron chi connectivity index (χ4n) is 2.09. The van der Waals surface area contributed by atoms with Gasteiger partial charge in [0.05, 0.1) is 5.52 Å². The zero-order valence-corrected chi connectivity index (χ0v) is 10.6. The van der Waals surface area contributed by atoms with Crippen LogP contribution in [0.2, 0.25) is 0 Å². The van der Waals surface area contributed by atoms with E-state index < -0.39 is 0 Å². The average Bonchev–Trinajstić information content (AvgIpc) is 2.29. The third-order valence-electron chi connectivity index (χ3n) is 2.82. The van der Waals surface area contributed by atoms with E-state index in [0.29, 0.717) is 0 Å². The highest BCUT2D eigenvalue weighted by Gasteiger charge is 2.02. The molecule has 0 aliphatic carbocycles. The van der Waals surface area contributed by atoms with Crippen molar-refractivity contribution in [2.75, 3.05) is 0 Å². The molecule has 72 valence electrons. The first-order valence-electron chi connectivity index (χ1n) is 5.09. The second-order valence-electron chi connectivity index (χ2n) is 3.81. The predicted octanol–water partition coefficient (Wildman–Crippen LogP) is 1.38. The van der Waals surface area contributed by atoms with Crippen molar-refractivity contribution in [3.63, 3.8) is 0 Å². The fourth-order valence-corrected chi connectivity index (χ4v) is 2.80. The third kappa shape index (κ3) is 1.26. The molecule has 0 spiro atoms. The summed E-state index contributed by atoms with van der Waals surface area (Å²) in [6, 6.07) is 14.8. The van der Waals surface area contributed by atoms with Crippen molar-refractivity contribution in [3.05, 3.63) is 48.7 Å². The van der Waals surface area contributed by atoms with Gasteiger partial charge in [0.15, 0.2) is 0 Å². The Morgan fingerprint density at radius 2 is 1.80 bits per heavy atom. The lowest BCUT2D eigenvalue weighted by Gasteiger charge is -2.05. The van der Waals surface area contributed by atoms with Gasteiger partial charge in [0, 0.05) is 27.2 Å². The number of hydrogen-bond donors (Lipinski definition) is 0. The summed E-state index contributed by atoms with van der Waals surface area (Å²) in [5.41, 5.74) is 1.11. The Morgan fingerprint density at radius 3 is 2.73 bits per heavy atom. The predicted molar refractivity (Wildman–Crippen MR) is 68.8 cm³/mol. The van der Waals surface area contributed by atoms with E-state index in [1.807, 2.05) is 6.20 Å². The highest BCUT2D eigenvalue weighted by Crippen LogP contribution is 2.20. The Balaban J connectivity index is 2.64. The Morgan fingerprint density at radius 1 is 0.933 bits per heavy atom. The Bertz CT molecular complexity index is 646. The van der Waals surface area contributed by atoms with Crippen LogP contribution in [0.15, 0.2) is 48.7 Å². The molecule has 2 heteroatoms. The van der Waals surface area contributed by atoms with Gasteiger partial charge in [-0.2, -0.15) is 0 Å². The maximum atomic E-state index is 4.49. The zero-order valence-electron chi connectivity index (χ0n) is 8.57. The molecule has 0 aliphatic heterocycles. The molecule has 0 unspecified atom stereocenters. The molecule has 3 rings (SSSR count). The van der Waals surface area contributed by atoms with E-state index in [1.165, 1.54) is 21.3 Å². The van der Waals surface area contributed by atoms with Gasteiger partial charge >= 0.3 is 0 Å². The fraction of sp³-hybridized carbons (Fsp3) is 0. The van der Waals surface area contributed by atoms with Gasteiger partial charge < -0.3 is 0 Å². The Labute approximate surface area is 91.2 Å². The van der Waals surface area contributed by atoms with Crippen LogP contribution in [0.5, 0.6) is 0 Å². The molecule has 0 aliphatic rings. The molecule has 0 saturated heterocycles. The number of aromatic nitrogens is 1. The van der Waals surface area contributed by atoms with Gasteiger partial charge in [0.2, 0.25) is 0 Å². The Hall–Kier alpha value is -1.67. The number of hydrogen-bond acceptors (Lipinski definition) is 1. The highest BCUT2D eigenvalue weighted by atomic mass is 28.1. The van der Waals surface area contributed by atoms with Crippen molar-refractivity contribution in [1.29, 1.82) is 0 Å². The molecule has 0 N–H and O–H groups in total. The van der Waals surface area contributed by atoms with Gasteiger partial charge in [-0.1, -0.05) is 41.6 Å². The number of fused-ring (bicyclic) bond motifs is 3. The van der Waals surface area contributed by atoms with Crippen LogP contribution in [0.4, 0.5) is 0 Å². The molecule has 2 aromatic carbocycles. The zero-order chi connectivity index (χ0) is 10.3. The highest BCUT2D eigenvalue weighted by molar-refractivity contribution is 6.41. The number of benzene rings is 2. The Kier molecular flexibility index (Phi) is 1.82. The van der Waals surface area contributed by atoms with Crippen LogP contribution in [0.25, 0.3) is 21.7 Å². The van der Waals surface area contributed by atoms with Gasteiger partial charge in [-0.15, -0.1) is 0 Å². The molecule has 1 nitrogen and oxygen atoms in total. The topological polar surface area (TPSA) is 12.9 Å². The summed E-state index contributed by atoms with van der Waals surface area (Å²) in [6.45, 7) is 0. The van der Waals surface area contributed by atoms with Crippen LogP contribution in [-0.4, -0.2) is 15.2 Å². The maximum Gasteiger partial charge on any atom is 0.0706 e. The second-order valence-corrected chi connectivity index (χ2v) is 4.89. The van der Waals surface area contributed by atoms with Crippen molar-refractivity contribution < 1.29 is 0 Å². The van der Waals surface area contributed by atoms with Crippen LogP contribution in [0.1, 0.15) is 0 Å². The summed E-state index contributed by atoms with van der Waals surface area (Å²) in [4.78, 5) is 4.49. The average molecular weight is 209 g/mol.